The van der Waals surface area contributed by atoms with Crippen molar-refractivity contribution >= 4 is 35.0 Å². The number of aliphatic hydroxyl groups is 1. The number of aromatic amines is 1. The number of hydrogen-bond acceptors (Lipinski definition) is 6. The third-order valence-corrected chi connectivity index (χ3v) is 9.90. The van der Waals surface area contributed by atoms with Gasteiger partial charge >= 0.3 is 0 Å². The predicted octanol–water partition coefficient (Wildman–Crippen LogP) is 3.77. The number of rotatable bonds is 6. The lowest BCUT2D eigenvalue weighted by Gasteiger charge is -2.38. The number of imidazole rings is 1. The largest absolute Gasteiger partial charge is 0.387 e. The van der Waals surface area contributed by atoms with E-state index in [1.165, 1.54) is 42.1 Å². The average Bonchev–Trinajstić information content (AvgIpc) is 3.70. The first kappa shape index (κ1) is 34.2. The van der Waals surface area contributed by atoms with Gasteiger partial charge in [-0.05, 0) is 38.1 Å². The standard InChI is InChI=1S/C34H37ClF2N8O4/c1-18-28(19(2)41-40-18)24-9-8-23(29(36)30(24)37)26-16-38-31(42(26)3)32(47)39-20-6-7-22(25(35)14-20)33(48)43-10-12-44(13-11-43)34(49)27-15-21(46)17-45(27,4)5/h6-9,14,16,21,27,46H,10-13,15,17H2,1-5H3,(H-,39,40,41,47,48)/p+1/t21-,27?/m1/s1. The number of anilines is 1. The van der Waals surface area contributed by atoms with Crippen LogP contribution in [-0.2, 0) is 11.8 Å². The molecule has 3 N–H and O–H groups in total. The van der Waals surface area contributed by atoms with E-state index in [4.69, 9.17) is 11.6 Å². The summed E-state index contributed by atoms with van der Waals surface area (Å²) in [4.78, 5) is 47.3. The summed E-state index contributed by atoms with van der Waals surface area (Å²) < 4.78 is 32.4. The first-order valence-corrected chi connectivity index (χ1v) is 16.3. The topological polar surface area (TPSA) is 136 Å². The molecule has 2 aromatic heterocycles. The van der Waals surface area contributed by atoms with Crippen LogP contribution in [0.25, 0.3) is 22.4 Å². The molecule has 0 aliphatic carbocycles. The van der Waals surface area contributed by atoms with Crippen molar-refractivity contribution in [1.29, 1.82) is 0 Å². The molecule has 2 aromatic carbocycles. The van der Waals surface area contributed by atoms with Crippen molar-refractivity contribution in [3.8, 4) is 22.4 Å². The number of benzene rings is 2. The highest BCUT2D eigenvalue weighted by Crippen LogP contribution is 2.34. The lowest BCUT2D eigenvalue weighted by atomic mass is 10.00. The lowest BCUT2D eigenvalue weighted by molar-refractivity contribution is -0.894. The van der Waals surface area contributed by atoms with E-state index in [2.05, 4.69) is 20.5 Å². The number of H-pyrrole nitrogens is 1. The number of nitrogens with zero attached hydrogens (tertiary/aromatic N) is 6. The molecule has 2 fully saturated rings. The van der Waals surface area contributed by atoms with Crippen molar-refractivity contribution in [3.63, 3.8) is 0 Å². The van der Waals surface area contributed by atoms with Gasteiger partial charge in [0.05, 0.1) is 42.3 Å². The Morgan fingerprint density at radius 2 is 1.67 bits per heavy atom. The summed E-state index contributed by atoms with van der Waals surface area (Å²) in [5.74, 6) is -3.11. The Kier molecular flexibility index (Phi) is 9.07. The number of hydrogen-bond donors (Lipinski definition) is 3. The Hall–Kier alpha value is -4.66. The van der Waals surface area contributed by atoms with Crippen molar-refractivity contribution in [2.24, 2.45) is 7.05 Å². The summed E-state index contributed by atoms with van der Waals surface area (Å²) in [7, 11) is 5.40. The number of likely N-dealkylation sites (N-methyl/N-ethyl adjacent to an activating group) is 1. The molecule has 2 aliphatic rings. The Bertz CT molecular complexity index is 1950. The van der Waals surface area contributed by atoms with Crippen molar-refractivity contribution in [3.05, 3.63) is 76.0 Å². The zero-order valence-corrected chi connectivity index (χ0v) is 28.6. The van der Waals surface area contributed by atoms with Crippen LogP contribution in [0.3, 0.4) is 0 Å². The summed E-state index contributed by atoms with van der Waals surface area (Å²) in [6.07, 6.45) is 1.20. The number of aryl methyl sites for hydroxylation is 2. The Labute approximate surface area is 286 Å². The predicted molar refractivity (Wildman–Crippen MR) is 179 cm³/mol. The van der Waals surface area contributed by atoms with E-state index in [1.807, 2.05) is 14.1 Å². The van der Waals surface area contributed by atoms with Crippen molar-refractivity contribution < 1.29 is 32.8 Å². The van der Waals surface area contributed by atoms with Crippen molar-refractivity contribution in [2.75, 3.05) is 52.1 Å². The van der Waals surface area contributed by atoms with Gasteiger partial charge in [-0.15, -0.1) is 0 Å². The van der Waals surface area contributed by atoms with Crippen molar-refractivity contribution in [1.82, 2.24) is 29.5 Å². The Morgan fingerprint density at radius 3 is 2.29 bits per heavy atom. The second-order valence-electron chi connectivity index (χ2n) is 13.3. The highest BCUT2D eigenvalue weighted by Gasteiger charge is 2.46. The minimum absolute atomic E-state index is 0.0163. The molecule has 2 atom stereocenters. The summed E-state index contributed by atoms with van der Waals surface area (Å²) in [5, 5.41) is 19.7. The molecule has 6 rings (SSSR count). The van der Waals surface area contributed by atoms with Crippen molar-refractivity contribution in [2.45, 2.75) is 32.4 Å². The monoisotopic (exact) mass is 695 g/mol. The van der Waals surface area contributed by atoms with Crippen LogP contribution in [0.15, 0.2) is 36.5 Å². The molecule has 4 heterocycles. The minimum Gasteiger partial charge on any atom is -0.387 e. The summed E-state index contributed by atoms with van der Waals surface area (Å²) in [6, 6.07) is 7.11. The maximum Gasteiger partial charge on any atom is 0.291 e. The molecule has 2 saturated heterocycles. The second-order valence-corrected chi connectivity index (χ2v) is 13.7. The quantitative estimate of drug-likeness (QED) is 0.263. The molecule has 0 radical (unpaired) electrons. The molecule has 258 valence electrons. The van der Waals surface area contributed by atoms with Gasteiger partial charge in [-0.3, -0.25) is 19.5 Å². The number of halogens is 3. The fourth-order valence-electron chi connectivity index (χ4n) is 6.91. The van der Waals surface area contributed by atoms with Gasteiger partial charge in [0.25, 0.3) is 17.7 Å². The number of carbonyl (C=O) groups is 3. The second kappa shape index (κ2) is 13.0. The van der Waals surface area contributed by atoms with Crippen LogP contribution in [0.5, 0.6) is 0 Å². The summed E-state index contributed by atoms with van der Waals surface area (Å²) in [5.41, 5.74) is 2.39. The van der Waals surface area contributed by atoms with E-state index in [-0.39, 0.29) is 51.1 Å². The third-order valence-electron chi connectivity index (χ3n) is 9.59. The fourth-order valence-corrected chi connectivity index (χ4v) is 7.17. The first-order chi connectivity index (χ1) is 23.2. The van der Waals surface area contributed by atoms with Gasteiger partial charge in [-0.1, -0.05) is 17.7 Å². The lowest BCUT2D eigenvalue weighted by Crippen LogP contribution is -2.58. The molecule has 15 heteroatoms. The van der Waals surface area contributed by atoms with Gasteiger partial charge in [-0.2, -0.15) is 5.10 Å². The molecule has 4 aromatic rings. The van der Waals surface area contributed by atoms with E-state index in [9.17, 15) is 19.5 Å². The smallest absolute Gasteiger partial charge is 0.291 e. The zero-order valence-electron chi connectivity index (χ0n) is 27.9. The van der Waals surface area contributed by atoms with Gasteiger partial charge in [0.1, 0.15) is 12.6 Å². The number of nitrogens with one attached hydrogen (secondary N) is 2. The number of quaternary nitrogens is 1. The van der Waals surface area contributed by atoms with E-state index in [0.717, 1.165) is 0 Å². The van der Waals surface area contributed by atoms with Crippen LogP contribution < -0.4 is 5.32 Å². The maximum absolute atomic E-state index is 15.4. The summed E-state index contributed by atoms with van der Waals surface area (Å²) >= 11 is 6.51. The van der Waals surface area contributed by atoms with Crippen LogP contribution in [0, 0.1) is 25.5 Å². The third kappa shape index (κ3) is 6.31. The zero-order chi connectivity index (χ0) is 35.4. The Morgan fingerprint density at radius 1 is 1.02 bits per heavy atom. The van der Waals surface area contributed by atoms with Crippen LogP contribution >= 0.6 is 11.6 Å². The highest BCUT2D eigenvalue weighted by atomic mass is 35.5. The number of aromatic nitrogens is 4. The number of amides is 3. The molecular formula is C34H38ClF2N8O4+. The molecule has 2 aliphatic heterocycles. The SMILES string of the molecule is Cc1n[nH]c(C)c1-c1ccc(-c2cnc(C(=O)Nc3ccc(C(=O)N4CCN(C(=O)C5C[C@@H](O)C[N+]5(C)C)CC4)c(Cl)c3)n2C)c(F)c1F. The van der Waals surface area contributed by atoms with Crippen LogP contribution in [0.2, 0.25) is 5.02 Å². The molecular weight excluding hydrogens is 658 g/mol. The number of piperazine rings is 1. The molecule has 0 saturated carbocycles. The highest BCUT2D eigenvalue weighted by molar-refractivity contribution is 6.34. The maximum atomic E-state index is 15.4. The van der Waals surface area contributed by atoms with Gasteiger partial charge in [0.2, 0.25) is 0 Å². The van der Waals surface area contributed by atoms with E-state index in [1.54, 1.807) is 29.7 Å². The van der Waals surface area contributed by atoms with E-state index >= 15 is 8.78 Å². The number of likely N-dealkylation sites (tertiary alicyclic amines) is 1. The van der Waals surface area contributed by atoms with Crippen LogP contribution in [0.1, 0.15) is 38.8 Å². The first-order valence-electron chi connectivity index (χ1n) is 15.9. The van der Waals surface area contributed by atoms with Gasteiger partial charge in [-0.25, -0.2) is 13.8 Å². The summed E-state index contributed by atoms with van der Waals surface area (Å²) in [6.45, 7) is 5.36. The van der Waals surface area contributed by atoms with Gasteiger partial charge in [0, 0.05) is 67.7 Å². The molecule has 49 heavy (non-hydrogen) atoms. The van der Waals surface area contributed by atoms with E-state index in [0.29, 0.717) is 66.3 Å². The fraction of sp³-hybridized carbons (Fsp3) is 0.382. The van der Waals surface area contributed by atoms with E-state index < -0.39 is 23.6 Å². The molecule has 1 unspecified atom stereocenters. The number of carbonyl (C=O) groups excluding carboxylic acids is 3. The minimum atomic E-state index is -1.08. The molecule has 12 nitrogen and oxygen atoms in total. The Balaban J connectivity index is 1.11. The van der Waals surface area contributed by atoms with Gasteiger partial charge < -0.3 is 29.3 Å². The normalized spacial score (nSPS) is 19.0. The average molecular weight is 696 g/mol. The molecule has 0 spiro atoms. The van der Waals surface area contributed by atoms with Crippen LogP contribution in [0.4, 0.5) is 14.5 Å². The molecule has 3 amide bonds. The van der Waals surface area contributed by atoms with Gasteiger partial charge in [0.15, 0.2) is 23.5 Å². The number of aliphatic hydroxyl groups excluding tert-OH is 1. The van der Waals surface area contributed by atoms with Crippen LogP contribution in [-0.4, -0.2) is 116 Å². The molecule has 0 bridgehead atoms.